The lowest BCUT2D eigenvalue weighted by Crippen LogP contribution is -2.24. The fraction of sp³-hybridized carbons (Fsp3) is 0.812. The fourth-order valence-corrected chi connectivity index (χ4v) is 4.12. The summed E-state index contributed by atoms with van der Waals surface area (Å²) < 4.78 is 5.92. The highest BCUT2D eigenvalue weighted by Crippen LogP contribution is 2.44. The Bertz CT molecular complexity index is 511. The molecule has 2 fully saturated rings. The van der Waals surface area contributed by atoms with E-state index < -0.39 is 5.97 Å². The summed E-state index contributed by atoms with van der Waals surface area (Å²) in [6, 6.07) is 0. The molecule has 2 aliphatic rings. The molecule has 1 aromatic rings. The van der Waals surface area contributed by atoms with Crippen LogP contribution in [0.3, 0.4) is 0 Å². The van der Waals surface area contributed by atoms with Crippen molar-refractivity contribution in [1.82, 2.24) is 10.2 Å². The van der Waals surface area contributed by atoms with E-state index in [1.807, 2.05) is 0 Å². The van der Waals surface area contributed by atoms with Crippen LogP contribution in [0, 0.1) is 5.41 Å². The van der Waals surface area contributed by atoms with Crippen LogP contribution in [0.25, 0.3) is 0 Å². The molecule has 2 aliphatic carbocycles. The van der Waals surface area contributed by atoms with Crippen molar-refractivity contribution in [3.05, 3.63) is 11.8 Å². The third kappa shape index (κ3) is 2.97. The highest BCUT2D eigenvalue weighted by Gasteiger charge is 2.40. The van der Waals surface area contributed by atoms with Gasteiger partial charge in [-0.2, -0.15) is 0 Å². The Balaban J connectivity index is 1.75. The van der Waals surface area contributed by atoms with Crippen molar-refractivity contribution in [3.63, 3.8) is 0 Å². The van der Waals surface area contributed by atoms with Gasteiger partial charge in [-0.15, -0.1) is 10.2 Å². The second-order valence-corrected chi connectivity index (χ2v) is 7.22. The Kier molecular flexibility index (Phi) is 3.76. The van der Waals surface area contributed by atoms with Crippen molar-refractivity contribution in [1.29, 1.82) is 0 Å². The summed E-state index contributed by atoms with van der Waals surface area (Å²) in [5.41, 5.74) is -0.146. The molecule has 0 bridgehead atoms. The smallest absolute Gasteiger partial charge is 0.303 e. The average Bonchev–Trinajstić information content (AvgIpc) is 3.11. The van der Waals surface area contributed by atoms with Crippen molar-refractivity contribution in [2.45, 2.75) is 76.5 Å². The summed E-state index contributed by atoms with van der Waals surface area (Å²) >= 11 is 0. The van der Waals surface area contributed by atoms with Gasteiger partial charge in [0.1, 0.15) is 0 Å². The second kappa shape index (κ2) is 5.43. The molecule has 0 amide bonds. The molecule has 116 valence electrons. The predicted octanol–water partition coefficient (Wildman–Crippen LogP) is 3.48. The van der Waals surface area contributed by atoms with Crippen LogP contribution in [-0.4, -0.2) is 21.3 Å². The first kappa shape index (κ1) is 14.5. The van der Waals surface area contributed by atoms with Crippen LogP contribution >= 0.6 is 0 Å². The molecule has 1 N–H and O–H groups in total. The molecule has 3 rings (SSSR count). The van der Waals surface area contributed by atoms with Gasteiger partial charge in [0, 0.05) is 11.8 Å². The number of carboxylic acid groups (broad SMARTS) is 1. The lowest BCUT2D eigenvalue weighted by Gasteiger charge is -2.25. The number of rotatable bonds is 5. The third-order valence-corrected chi connectivity index (χ3v) is 5.41. The average molecular weight is 292 g/mol. The fourth-order valence-electron chi connectivity index (χ4n) is 4.12. The molecule has 0 aromatic carbocycles. The highest BCUT2D eigenvalue weighted by molar-refractivity contribution is 5.67. The minimum Gasteiger partial charge on any atom is -0.481 e. The van der Waals surface area contributed by atoms with Gasteiger partial charge < -0.3 is 9.52 Å². The first-order valence-corrected chi connectivity index (χ1v) is 8.06. The minimum absolute atomic E-state index is 0.0287. The zero-order valence-corrected chi connectivity index (χ0v) is 12.7. The van der Waals surface area contributed by atoms with E-state index in [2.05, 4.69) is 17.1 Å². The number of hydrogen-bond donors (Lipinski definition) is 1. The lowest BCUT2D eigenvalue weighted by molar-refractivity contribution is -0.139. The Labute approximate surface area is 125 Å². The van der Waals surface area contributed by atoms with Crippen LogP contribution in [0.1, 0.15) is 76.5 Å². The molecule has 1 heterocycles. The summed E-state index contributed by atoms with van der Waals surface area (Å²) in [7, 11) is 0. The summed E-state index contributed by atoms with van der Waals surface area (Å²) in [6.07, 6.45) is 9.59. The molecule has 0 spiro atoms. The summed E-state index contributed by atoms with van der Waals surface area (Å²) in [5, 5.41) is 17.6. The largest absolute Gasteiger partial charge is 0.481 e. The molecule has 0 aliphatic heterocycles. The van der Waals surface area contributed by atoms with E-state index in [0.29, 0.717) is 12.3 Å². The summed E-state index contributed by atoms with van der Waals surface area (Å²) in [4.78, 5) is 11.1. The third-order valence-electron chi connectivity index (χ3n) is 5.41. The predicted molar refractivity (Wildman–Crippen MR) is 77.0 cm³/mol. The van der Waals surface area contributed by atoms with E-state index >= 15 is 0 Å². The van der Waals surface area contributed by atoms with Crippen molar-refractivity contribution in [2.75, 3.05) is 0 Å². The van der Waals surface area contributed by atoms with Crippen LogP contribution in [-0.2, 0) is 16.6 Å². The van der Waals surface area contributed by atoms with Gasteiger partial charge in [-0.3, -0.25) is 4.79 Å². The highest BCUT2D eigenvalue weighted by atomic mass is 16.4. The normalized spacial score (nSPS) is 23.5. The van der Waals surface area contributed by atoms with Gasteiger partial charge in [-0.1, -0.05) is 32.6 Å². The van der Waals surface area contributed by atoms with E-state index in [-0.39, 0.29) is 17.3 Å². The standard InChI is InChI=1S/C16H24N2O3/c1-15(6-2-3-7-15)14-18-17-12(21-14)10-16(11-13(19)20)8-4-5-9-16/h2-11H2,1H3,(H,19,20). The van der Waals surface area contributed by atoms with E-state index in [9.17, 15) is 4.79 Å². The Morgan fingerprint density at radius 2 is 1.76 bits per heavy atom. The van der Waals surface area contributed by atoms with Gasteiger partial charge in [-0.25, -0.2) is 0 Å². The number of nitrogens with zero attached hydrogens (tertiary/aromatic N) is 2. The quantitative estimate of drug-likeness (QED) is 0.899. The van der Waals surface area contributed by atoms with E-state index in [1.54, 1.807) is 0 Å². The number of carboxylic acids is 1. The SMILES string of the molecule is CC1(c2nnc(CC3(CC(=O)O)CCCC3)o2)CCCC1. The van der Waals surface area contributed by atoms with E-state index in [1.165, 1.54) is 12.8 Å². The number of aromatic nitrogens is 2. The monoisotopic (exact) mass is 292 g/mol. The number of hydrogen-bond acceptors (Lipinski definition) is 4. The molecule has 0 radical (unpaired) electrons. The molecule has 5 heteroatoms. The van der Waals surface area contributed by atoms with E-state index in [4.69, 9.17) is 9.52 Å². The van der Waals surface area contributed by atoms with Gasteiger partial charge in [0.2, 0.25) is 11.8 Å². The van der Waals surface area contributed by atoms with Crippen LogP contribution in [0.5, 0.6) is 0 Å². The molecule has 0 atom stereocenters. The van der Waals surface area contributed by atoms with Crippen LogP contribution in [0.15, 0.2) is 4.42 Å². The van der Waals surface area contributed by atoms with Crippen molar-refractivity contribution in [3.8, 4) is 0 Å². The van der Waals surface area contributed by atoms with Crippen molar-refractivity contribution >= 4 is 5.97 Å². The Morgan fingerprint density at radius 1 is 1.14 bits per heavy atom. The maximum Gasteiger partial charge on any atom is 0.303 e. The first-order chi connectivity index (χ1) is 10.0. The zero-order chi connectivity index (χ0) is 14.9. The Hall–Kier alpha value is -1.39. The zero-order valence-electron chi connectivity index (χ0n) is 12.7. The molecule has 21 heavy (non-hydrogen) atoms. The molecule has 2 saturated carbocycles. The van der Waals surface area contributed by atoms with Gasteiger partial charge in [0.25, 0.3) is 0 Å². The van der Waals surface area contributed by atoms with Gasteiger partial charge in [-0.05, 0) is 31.1 Å². The molecule has 5 nitrogen and oxygen atoms in total. The molecular formula is C16H24N2O3. The second-order valence-electron chi connectivity index (χ2n) is 7.22. The maximum absolute atomic E-state index is 11.1. The lowest BCUT2D eigenvalue weighted by atomic mass is 9.79. The first-order valence-electron chi connectivity index (χ1n) is 8.06. The molecular weight excluding hydrogens is 268 g/mol. The summed E-state index contributed by atoms with van der Waals surface area (Å²) in [5.74, 6) is 0.652. The topological polar surface area (TPSA) is 76.2 Å². The maximum atomic E-state index is 11.1. The number of aliphatic carboxylic acids is 1. The van der Waals surface area contributed by atoms with Crippen LogP contribution < -0.4 is 0 Å². The minimum atomic E-state index is -0.723. The van der Waals surface area contributed by atoms with Gasteiger partial charge >= 0.3 is 5.97 Å². The summed E-state index contributed by atoms with van der Waals surface area (Å²) in [6.45, 7) is 2.19. The molecule has 0 saturated heterocycles. The van der Waals surface area contributed by atoms with Crippen LogP contribution in [0.2, 0.25) is 0 Å². The van der Waals surface area contributed by atoms with E-state index in [0.717, 1.165) is 44.4 Å². The molecule has 0 unspecified atom stereocenters. The molecule has 1 aromatic heterocycles. The van der Waals surface area contributed by atoms with Crippen molar-refractivity contribution in [2.24, 2.45) is 5.41 Å². The number of carbonyl (C=O) groups is 1. The Morgan fingerprint density at radius 3 is 2.38 bits per heavy atom. The van der Waals surface area contributed by atoms with Crippen molar-refractivity contribution < 1.29 is 14.3 Å². The van der Waals surface area contributed by atoms with Gasteiger partial charge in [0.15, 0.2) is 0 Å². The van der Waals surface area contributed by atoms with Gasteiger partial charge in [0.05, 0.1) is 6.42 Å². The van der Waals surface area contributed by atoms with Crippen LogP contribution in [0.4, 0.5) is 0 Å².